The lowest BCUT2D eigenvalue weighted by atomic mass is 9.84. The van der Waals surface area contributed by atoms with Crippen LogP contribution in [0.4, 0.5) is 13.2 Å². The quantitative estimate of drug-likeness (QED) is 0.804. The Morgan fingerprint density at radius 2 is 1.63 bits per heavy atom. The Balaban J connectivity index is 1.95. The van der Waals surface area contributed by atoms with Crippen molar-refractivity contribution >= 4 is 0 Å². The second kappa shape index (κ2) is 6.42. The molecule has 0 aliphatic heterocycles. The summed E-state index contributed by atoms with van der Waals surface area (Å²) < 4.78 is 39.5. The molecule has 1 nitrogen and oxygen atoms in total. The number of halogens is 3. The fourth-order valence-corrected chi connectivity index (χ4v) is 2.87. The van der Waals surface area contributed by atoms with Gasteiger partial charge < -0.3 is 5.73 Å². The van der Waals surface area contributed by atoms with E-state index in [4.69, 9.17) is 5.73 Å². The minimum atomic E-state index is -1.17. The van der Waals surface area contributed by atoms with E-state index in [9.17, 15) is 13.2 Å². The zero-order valence-electron chi connectivity index (χ0n) is 11.0. The summed E-state index contributed by atoms with van der Waals surface area (Å²) in [5, 5.41) is 0. The van der Waals surface area contributed by atoms with Crippen LogP contribution in [0.1, 0.15) is 56.6 Å². The monoisotopic (exact) mass is 271 g/mol. The van der Waals surface area contributed by atoms with Crippen molar-refractivity contribution < 1.29 is 13.2 Å². The lowest BCUT2D eigenvalue weighted by Crippen LogP contribution is -2.16. The molecular weight excluding hydrogens is 251 g/mol. The van der Waals surface area contributed by atoms with Crippen LogP contribution in [0.15, 0.2) is 12.1 Å². The van der Waals surface area contributed by atoms with Crippen molar-refractivity contribution in [2.45, 2.75) is 51.0 Å². The molecule has 106 valence electrons. The molecule has 2 N–H and O–H groups in total. The molecule has 0 amide bonds. The summed E-state index contributed by atoms with van der Waals surface area (Å²) in [6.45, 7) is 0. The summed E-state index contributed by atoms with van der Waals surface area (Å²) in [6, 6.07) is 0.901. The first-order chi connectivity index (χ1) is 9.08. The molecule has 0 heterocycles. The highest BCUT2D eigenvalue weighted by molar-refractivity contribution is 5.23. The van der Waals surface area contributed by atoms with Gasteiger partial charge >= 0.3 is 0 Å². The first kappa shape index (κ1) is 14.4. The second-order valence-electron chi connectivity index (χ2n) is 5.48. The van der Waals surface area contributed by atoms with E-state index in [-0.39, 0.29) is 5.56 Å². The first-order valence-corrected chi connectivity index (χ1v) is 6.98. The van der Waals surface area contributed by atoms with Crippen LogP contribution in [-0.4, -0.2) is 0 Å². The number of hydrogen-bond acceptors (Lipinski definition) is 1. The molecule has 1 unspecified atom stereocenters. The van der Waals surface area contributed by atoms with Crippen LogP contribution in [-0.2, 0) is 0 Å². The van der Waals surface area contributed by atoms with Gasteiger partial charge in [0, 0.05) is 17.7 Å². The van der Waals surface area contributed by atoms with Gasteiger partial charge in [-0.25, -0.2) is 13.2 Å². The van der Waals surface area contributed by atoms with Crippen molar-refractivity contribution in [2.24, 2.45) is 11.7 Å². The van der Waals surface area contributed by atoms with E-state index < -0.39 is 23.5 Å². The molecule has 1 atom stereocenters. The number of nitrogens with two attached hydrogens (primary N) is 1. The van der Waals surface area contributed by atoms with Gasteiger partial charge in [-0.1, -0.05) is 32.1 Å². The third-order valence-electron chi connectivity index (χ3n) is 4.05. The summed E-state index contributed by atoms with van der Waals surface area (Å²) in [5.41, 5.74) is 5.98. The molecule has 0 radical (unpaired) electrons. The van der Waals surface area contributed by atoms with Crippen molar-refractivity contribution in [3.8, 4) is 0 Å². The molecule has 2 rings (SSSR count). The summed E-state index contributed by atoms with van der Waals surface area (Å²) >= 11 is 0. The molecule has 1 aliphatic carbocycles. The van der Waals surface area contributed by atoms with Gasteiger partial charge in [-0.2, -0.15) is 0 Å². The van der Waals surface area contributed by atoms with E-state index >= 15 is 0 Å². The maximum atomic E-state index is 13.6. The maximum Gasteiger partial charge on any atom is 0.161 e. The SMILES string of the molecule is NC(CCC1CCCCC1)c1cc(F)c(F)cc1F. The zero-order chi connectivity index (χ0) is 13.8. The van der Waals surface area contributed by atoms with Crippen LogP contribution < -0.4 is 5.73 Å². The van der Waals surface area contributed by atoms with E-state index in [1.54, 1.807) is 0 Å². The summed E-state index contributed by atoms with van der Waals surface area (Å²) in [6.07, 6.45) is 7.74. The van der Waals surface area contributed by atoms with Gasteiger partial charge in [0.2, 0.25) is 0 Å². The van der Waals surface area contributed by atoms with Gasteiger partial charge in [0.05, 0.1) is 0 Å². The standard InChI is InChI=1S/C15H20F3N/c16-12-9-14(18)13(17)8-11(12)15(19)7-6-10-4-2-1-3-5-10/h8-10,15H,1-7,19H2. The largest absolute Gasteiger partial charge is 0.324 e. The van der Waals surface area contributed by atoms with Gasteiger partial charge in [-0.05, 0) is 24.8 Å². The van der Waals surface area contributed by atoms with Crippen LogP contribution in [0.25, 0.3) is 0 Å². The first-order valence-electron chi connectivity index (χ1n) is 6.98. The lowest BCUT2D eigenvalue weighted by Gasteiger charge is -2.23. The van der Waals surface area contributed by atoms with Crippen LogP contribution in [0.3, 0.4) is 0 Å². The molecule has 4 heteroatoms. The zero-order valence-corrected chi connectivity index (χ0v) is 11.0. The van der Waals surface area contributed by atoms with Crippen molar-refractivity contribution in [1.82, 2.24) is 0 Å². The third kappa shape index (κ3) is 3.72. The molecule has 1 fully saturated rings. The third-order valence-corrected chi connectivity index (χ3v) is 4.05. The van der Waals surface area contributed by atoms with Crippen LogP contribution in [0.2, 0.25) is 0 Å². The Morgan fingerprint density at radius 3 is 2.32 bits per heavy atom. The molecule has 1 aliphatic rings. The number of hydrogen-bond donors (Lipinski definition) is 1. The summed E-state index contributed by atoms with van der Waals surface area (Å²) in [7, 11) is 0. The number of benzene rings is 1. The van der Waals surface area contributed by atoms with Gasteiger partial charge in [0.25, 0.3) is 0 Å². The fraction of sp³-hybridized carbons (Fsp3) is 0.600. The van der Waals surface area contributed by atoms with Crippen LogP contribution in [0, 0.1) is 23.4 Å². The average Bonchev–Trinajstić information content (AvgIpc) is 2.41. The Bertz CT molecular complexity index is 428. The normalized spacial score (nSPS) is 18.5. The highest BCUT2D eigenvalue weighted by Gasteiger charge is 2.19. The predicted molar refractivity (Wildman–Crippen MR) is 69.1 cm³/mol. The molecule has 0 spiro atoms. The topological polar surface area (TPSA) is 26.0 Å². The molecule has 1 saturated carbocycles. The Hall–Kier alpha value is -1.03. The summed E-state index contributed by atoms with van der Waals surface area (Å²) in [4.78, 5) is 0. The molecule has 0 saturated heterocycles. The Morgan fingerprint density at radius 1 is 1.00 bits per heavy atom. The van der Waals surface area contributed by atoms with Crippen molar-refractivity contribution in [3.05, 3.63) is 35.1 Å². The number of rotatable bonds is 4. The molecule has 0 bridgehead atoms. The molecule has 0 aromatic heterocycles. The molecule has 19 heavy (non-hydrogen) atoms. The minimum absolute atomic E-state index is 0.0784. The Kier molecular flexibility index (Phi) is 4.86. The van der Waals surface area contributed by atoms with Crippen LogP contribution in [0.5, 0.6) is 0 Å². The highest BCUT2D eigenvalue weighted by Crippen LogP contribution is 2.30. The van der Waals surface area contributed by atoms with E-state index in [1.807, 2.05) is 0 Å². The molecular formula is C15H20F3N. The van der Waals surface area contributed by atoms with Gasteiger partial charge in [-0.3, -0.25) is 0 Å². The van der Waals surface area contributed by atoms with Crippen molar-refractivity contribution in [3.63, 3.8) is 0 Å². The Labute approximate surface area is 112 Å². The second-order valence-corrected chi connectivity index (χ2v) is 5.48. The highest BCUT2D eigenvalue weighted by atomic mass is 19.2. The maximum absolute atomic E-state index is 13.6. The van der Waals surface area contributed by atoms with E-state index in [1.165, 1.54) is 32.1 Å². The molecule has 1 aromatic rings. The van der Waals surface area contributed by atoms with Gasteiger partial charge in [0.1, 0.15) is 5.82 Å². The predicted octanol–water partition coefficient (Wildman–Crippen LogP) is 4.46. The van der Waals surface area contributed by atoms with Crippen molar-refractivity contribution in [1.29, 1.82) is 0 Å². The van der Waals surface area contributed by atoms with E-state index in [2.05, 4.69) is 0 Å². The van der Waals surface area contributed by atoms with Crippen molar-refractivity contribution in [2.75, 3.05) is 0 Å². The minimum Gasteiger partial charge on any atom is -0.324 e. The van der Waals surface area contributed by atoms with Crippen LogP contribution >= 0.6 is 0 Å². The lowest BCUT2D eigenvalue weighted by molar-refractivity contribution is 0.322. The fourth-order valence-electron chi connectivity index (χ4n) is 2.87. The van der Waals surface area contributed by atoms with E-state index in [0.717, 1.165) is 12.5 Å². The van der Waals surface area contributed by atoms with Gasteiger partial charge in [-0.15, -0.1) is 0 Å². The molecule has 1 aromatic carbocycles. The smallest absolute Gasteiger partial charge is 0.161 e. The van der Waals surface area contributed by atoms with Gasteiger partial charge in [0.15, 0.2) is 11.6 Å². The van der Waals surface area contributed by atoms with E-state index in [0.29, 0.717) is 18.4 Å². The average molecular weight is 271 g/mol. The summed E-state index contributed by atoms with van der Waals surface area (Å²) in [5.74, 6) is -2.31.